The van der Waals surface area contributed by atoms with E-state index in [2.05, 4.69) is 10.3 Å². The van der Waals surface area contributed by atoms with Crippen LogP contribution in [0.1, 0.15) is 53.9 Å². The van der Waals surface area contributed by atoms with Crippen molar-refractivity contribution in [2.24, 2.45) is 5.41 Å². The van der Waals surface area contributed by atoms with Crippen LogP contribution in [-0.2, 0) is 20.7 Å². The van der Waals surface area contributed by atoms with Crippen molar-refractivity contribution >= 4 is 23.5 Å². The maximum Gasteiger partial charge on any atom is 0.333 e. The first-order valence-corrected chi connectivity index (χ1v) is 15.4. The van der Waals surface area contributed by atoms with Crippen molar-refractivity contribution in [3.63, 3.8) is 0 Å². The van der Waals surface area contributed by atoms with Crippen LogP contribution in [0.5, 0.6) is 0 Å². The Labute approximate surface area is 268 Å². The zero-order valence-electron chi connectivity index (χ0n) is 25.1. The Morgan fingerprint density at radius 2 is 1.58 bits per heavy atom. The van der Waals surface area contributed by atoms with E-state index in [1.54, 1.807) is 43.6 Å². The lowest BCUT2D eigenvalue weighted by atomic mass is 9.59. The average molecular weight is 625 g/mol. The average Bonchev–Trinajstić information content (AvgIpc) is 3.05. The molecule has 0 saturated carbocycles. The van der Waals surface area contributed by atoms with E-state index in [0.29, 0.717) is 35.7 Å². The van der Waals surface area contributed by atoms with Crippen LogP contribution in [0.4, 0.5) is 0 Å². The van der Waals surface area contributed by atoms with Gasteiger partial charge in [-0.3, -0.25) is 9.78 Å². The Balaban J connectivity index is 1.58. The van der Waals surface area contributed by atoms with Crippen LogP contribution in [0.15, 0.2) is 121 Å². The predicted molar refractivity (Wildman–Crippen MR) is 174 cm³/mol. The molecule has 0 radical (unpaired) electrons. The third-order valence-electron chi connectivity index (χ3n) is 8.85. The molecule has 3 N–H and O–H groups in total. The van der Waals surface area contributed by atoms with Gasteiger partial charge < -0.3 is 20.3 Å². The molecular formula is C37H37ClN2O5. The maximum absolute atomic E-state index is 13.8. The molecule has 3 unspecified atom stereocenters. The summed E-state index contributed by atoms with van der Waals surface area (Å²) in [5.74, 6) is -3.37. The number of rotatable bonds is 13. The Kier molecular flexibility index (Phi) is 10.3. The molecule has 7 nitrogen and oxygen atoms in total. The number of hydrogen-bond donors (Lipinski definition) is 3. The molecule has 2 heterocycles. The van der Waals surface area contributed by atoms with E-state index >= 15 is 0 Å². The second kappa shape index (κ2) is 14.5. The molecule has 8 heteroatoms. The van der Waals surface area contributed by atoms with E-state index in [-0.39, 0.29) is 24.5 Å². The molecule has 0 amide bonds. The van der Waals surface area contributed by atoms with Gasteiger partial charge in [0.25, 0.3) is 0 Å². The molecule has 3 aromatic carbocycles. The number of carboxylic acids is 2. The van der Waals surface area contributed by atoms with Gasteiger partial charge in [0.1, 0.15) is 5.41 Å². The van der Waals surface area contributed by atoms with E-state index in [1.165, 1.54) is 0 Å². The molecule has 0 aliphatic carbocycles. The third kappa shape index (κ3) is 7.11. The molecule has 45 heavy (non-hydrogen) atoms. The number of carboxylic acid groups (broad SMARTS) is 2. The quantitative estimate of drug-likeness (QED) is 0.136. The van der Waals surface area contributed by atoms with Crippen LogP contribution in [0.2, 0.25) is 5.02 Å². The highest BCUT2D eigenvalue weighted by Crippen LogP contribution is 2.52. The summed E-state index contributed by atoms with van der Waals surface area (Å²) in [6.07, 6.45) is 4.70. The van der Waals surface area contributed by atoms with Gasteiger partial charge in [-0.15, -0.1) is 0 Å². The lowest BCUT2D eigenvalue weighted by Gasteiger charge is -2.48. The van der Waals surface area contributed by atoms with Crippen molar-refractivity contribution < 1.29 is 24.5 Å². The summed E-state index contributed by atoms with van der Waals surface area (Å²) in [5.41, 5.74) is 2.56. The number of ether oxygens (including phenoxy) is 1. The summed E-state index contributed by atoms with van der Waals surface area (Å²) < 4.78 is 6.17. The Hall–Kier alpha value is -4.46. The highest BCUT2D eigenvalue weighted by atomic mass is 35.5. The first kappa shape index (κ1) is 31.9. The second-order valence-corrected chi connectivity index (χ2v) is 11.9. The fourth-order valence-corrected chi connectivity index (χ4v) is 6.88. The van der Waals surface area contributed by atoms with E-state index in [9.17, 15) is 19.8 Å². The minimum absolute atomic E-state index is 0.0173. The predicted octanol–water partition coefficient (Wildman–Crippen LogP) is 7.09. The lowest BCUT2D eigenvalue weighted by molar-refractivity contribution is -0.155. The van der Waals surface area contributed by atoms with E-state index in [4.69, 9.17) is 16.3 Å². The fourth-order valence-electron chi connectivity index (χ4n) is 6.69. The highest BCUT2D eigenvalue weighted by molar-refractivity contribution is 6.30. The number of aromatic nitrogens is 1. The molecule has 232 valence electrons. The topological polar surface area (TPSA) is 109 Å². The number of nitrogens with one attached hydrogen (secondary N) is 1. The van der Waals surface area contributed by atoms with Gasteiger partial charge in [0, 0.05) is 34.9 Å². The fraction of sp³-hybridized carbons (Fsp3) is 0.270. The van der Waals surface area contributed by atoms with Crippen LogP contribution in [0.3, 0.4) is 0 Å². The number of allylic oxidation sites excluding steroid dienone is 1. The van der Waals surface area contributed by atoms with Crippen molar-refractivity contribution in [3.8, 4) is 0 Å². The summed E-state index contributed by atoms with van der Waals surface area (Å²) in [5, 5.41) is 25.5. The summed E-state index contributed by atoms with van der Waals surface area (Å²) >= 11 is 6.43. The third-order valence-corrected chi connectivity index (χ3v) is 9.09. The maximum atomic E-state index is 13.8. The van der Waals surface area contributed by atoms with Gasteiger partial charge in [0.05, 0.1) is 24.8 Å². The number of pyridine rings is 1. The summed E-state index contributed by atoms with van der Waals surface area (Å²) in [6, 6.07) is 30.0. The number of hydrogen-bond acceptors (Lipinski definition) is 5. The largest absolute Gasteiger partial charge is 0.481 e. The van der Waals surface area contributed by atoms with Crippen LogP contribution in [-0.4, -0.2) is 46.4 Å². The van der Waals surface area contributed by atoms with Gasteiger partial charge in [0.15, 0.2) is 0 Å². The number of carbonyl (C=O) groups is 2. The number of benzene rings is 3. The Morgan fingerprint density at radius 1 is 0.933 bits per heavy atom. The molecule has 0 spiro atoms. The van der Waals surface area contributed by atoms with E-state index < -0.39 is 29.3 Å². The summed E-state index contributed by atoms with van der Waals surface area (Å²) in [7, 11) is 0. The molecule has 1 aliphatic rings. The molecule has 5 rings (SSSR count). The van der Waals surface area contributed by atoms with Crippen LogP contribution < -0.4 is 5.32 Å². The van der Waals surface area contributed by atoms with Crippen LogP contribution in [0.25, 0.3) is 0 Å². The zero-order valence-corrected chi connectivity index (χ0v) is 25.9. The first-order chi connectivity index (χ1) is 21.8. The first-order valence-electron chi connectivity index (χ1n) is 15.1. The zero-order chi connectivity index (χ0) is 31.8. The van der Waals surface area contributed by atoms with Crippen molar-refractivity contribution in [1.29, 1.82) is 0 Å². The van der Waals surface area contributed by atoms with Crippen molar-refractivity contribution in [2.75, 3.05) is 13.2 Å². The molecule has 1 aliphatic heterocycles. The molecule has 0 saturated heterocycles. The van der Waals surface area contributed by atoms with Crippen LogP contribution >= 0.6 is 11.6 Å². The van der Waals surface area contributed by atoms with Gasteiger partial charge in [-0.2, -0.15) is 0 Å². The van der Waals surface area contributed by atoms with E-state index in [0.717, 1.165) is 16.7 Å². The summed E-state index contributed by atoms with van der Waals surface area (Å²) in [4.78, 5) is 30.8. The van der Waals surface area contributed by atoms with Crippen molar-refractivity contribution in [1.82, 2.24) is 10.3 Å². The van der Waals surface area contributed by atoms with Crippen molar-refractivity contribution in [3.05, 3.63) is 148 Å². The minimum atomic E-state index is -1.59. The normalized spacial score (nSPS) is 19.7. The monoisotopic (exact) mass is 624 g/mol. The lowest BCUT2D eigenvalue weighted by Crippen LogP contribution is -2.59. The van der Waals surface area contributed by atoms with Crippen LogP contribution in [0, 0.1) is 5.41 Å². The summed E-state index contributed by atoms with van der Waals surface area (Å²) in [6.45, 7) is 2.12. The Bertz CT molecular complexity index is 1590. The smallest absolute Gasteiger partial charge is 0.333 e. The van der Waals surface area contributed by atoms with Gasteiger partial charge in [-0.25, -0.2) is 4.79 Å². The number of nitrogens with zero attached hydrogens (tertiary/aromatic N) is 1. The van der Waals surface area contributed by atoms with Crippen molar-refractivity contribution in [2.45, 2.75) is 44.1 Å². The van der Waals surface area contributed by atoms with Gasteiger partial charge in [0.2, 0.25) is 0 Å². The SMILES string of the molecule is CC1=C(C(=O)O)C(c2cccc(Cl)c2)C(CCC(c2ccccc2)c2ccccc2)(C(=O)O)C(COCCc2ccncc2)N1. The number of halogens is 1. The second-order valence-electron chi connectivity index (χ2n) is 11.5. The molecule has 1 aromatic heterocycles. The highest BCUT2D eigenvalue weighted by Gasteiger charge is 2.57. The molecule has 4 aromatic rings. The molecule has 3 atom stereocenters. The molecular weight excluding hydrogens is 588 g/mol. The van der Waals surface area contributed by atoms with E-state index in [1.807, 2.05) is 72.8 Å². The Morgan fingerprint density at radius 3 is 2.16 bits per heavy atom. The minimum Gasteiger partial charge on any atom is -0.481 e. The van der Waals surface area contributed by atoms with Gasteiger partial charge >= 0.3 is 11.9 Å². The van der Waals surface area contributed by atoms with Gasteiger partial charge in [-0.1, -0.05) is 84.4 Å². The standard InChI is InChI=1S/C37H37ClN2O5/c1-25-33(35(41)42)34(29-13-8-14-30(38)23-29)37(36(43)44,32(40-25)24-45-22-18-26-16-20-39-21-17-26)19-15-31(27-9-4-2-5-10-27)28-11-6-3-7-12-28/h2-14,16-17,20-21,23,31-32,34,40H,15,18-19,22,24H2,1H3,(H,41,42)(H,43,44). The molecule has 0 bridgehead atoms. The molecule has 0 fully saturated rings. The number of aliphatic carboxylic acids is 2. The van der Waals surface area contributed by atoms with Gasteiger partial charge in [-0.05, 0) is 72.7 Å².